The fourth-order valence-electron chi connectivity index (χ4n) is 4.47. The third-order valence-corrected chi connectivity index (χ3v) is 6.73. The van der Waals surface area contributed by atoms with Gasteiger partial charge in [-0.15, -0.1) is 0 Å². The molecule has 0 unspecified atom stereocenters. The van der Waals surface area contributed by atoms with E-state index in [-0.39, 0.29) is 31.1 Å². The van der Waals surface area contributed by atoms with E-state index in [9.17, 15) is 29.1 Å². The summed E-state index contributed by atoms with van der Waals surface area (Å²) in [4.78, 5) is 65.4. The smallest absolute Gasteiger partial charge is 0.408 e. The molecule has 0 saturated heterocycles. The zero-order valence-electron chi connectivity index (χ0n) is 26.2. The number of ether oxygens (including phenoxy) is 2. The summed E-state index contributed by atoms with van der Waals surface area (Å²) in [5.74, 6) is -2.77. The van der Waals surface area contributed by atoms with Crippen LogP contribution in [0.1, 0.15) is 45.7 Å². The van der Waals surface area contributed by atoms with Crippen molar-refractivity contribution in [3.8, 4) is 5.75 Å². The number of carbonyl (C=O) groups is 5. The van der Waals surface area contributed by atoms with Gasteiger partial charge >= 0.3 is 12.1 Å². The number of rotatable bonds is 8. The quantitative estimate of drug-likeness (QED) is 0.279. The zero-order valence-corrected chi connectivity index (χ0v) is 26.2. The highest BCUT2D eigenvalue weighted by atomic mass is 16.6. The maximum Gasteiger partial charge on any atom is 0.408 e. The average Bonchev–Trinajstić information content (AvgIpc) is 2.96. The van der Waals surface area contributed by atoms with Crippen molar-refractivity contribution in [3.05, 3.63) is 77.9 Å². The Morgan fingerprint density at radius 2 is 1.67 bits per heavy atom. The summed E-state index contributed by atoms with van der Waals surface area (Å²) in [5.41, 5.74) is 0.630. The second-order valence-electron chi connectivity index (χ2n) is 12.2. The van der Waals surface area contributed by atoms with Crippen LogP contribution >= 0.6 is 0 Å². The summed E-state index contributed by atoms with van der Waals surface area (Å²) in [7, 11) is 0. The van der Waals surface area contributed by atoms with E-state index >= 15 is 0 Å². The zero-order chi connectivity index (χ0) is 33.1. The van der Waals surface area contributed by atoms with Crippen LogP contribution in [0.2, 0.25) is 0 Å². The Morgan fingerprint density at radius 1 is 1.00 bits per heavy atom. The van der Waals surface area contributed by atoms with E-state index in [4.69, 9.17) is 9.47 Å². The standard InChI is InChI=1S/C33H42N4O8/c1-20(2)28-30(41)35-26(18-22-11-14-24(38)15-12-22)31(42)44-19-23(13-16-27(39)37-28)34-29(40)25(17-21-9-7-6-8-10-21)36-32(43)45-33(3,4)5/h6-16,20,23,25-26,28,38H,17-19H2,1-5H3,(H,34,40)(H,35,41)(H,36,43)(H,37,39)/b16-13+/t23-,25+,26+,28+/m1/s1. The SMILES string of the molecule is CC(C)[C@@H]1NC(=O)/C=C/[C@@H](NC(=O)[C@H](Cc2ccccc2)NC(=O)OC(C)(C)C)COC(=O)[C@H](Cc2ccc(O)cc2)NC1=O. The first-order chi connectivity index (χ1) is 21.2. The van der Waals surface area contributed by atoms with Crippen molar-refractivity contribution in [2.75, 3.05) is 6.61 Å². The van der Waals surface area contributed by atoms with Crippen LogP contribution in [-0.2, 0) is 41.5 Å². The highest BCUT2D eigenvalue weighted by molar-refractivity contribution is 5.95. The molecule has 0 fully saturated rings. The number of aromatic hydroxyl groups is 1. The molecule has 0 saturated carbocycles. The average molecular weight is 623 g/mol. The lowest BCUT2D eigenvalue weighted by molar-refractivity contribution is -0.149. The predicted octanol–water partition coefficient (Wildman–Crippen LogP) is 2.29. The number of esters is 1. The van der Waals surface area contributed by atoms with Crippen LogP contribution in [0.3, 0.4) is 0 Å². The predicted molar refractivity (Wildman–Crippen MR) is 166 cm³/mol. The van der Waals surface area contributed by atoms with Crippen molar-refractivity contribution in [3.63, 3.8) is 0 Å². The minimum absolute atomic E-state index is 0.0451. The Morgan fingerprint density at radius 3 is 2.29 bits per heavy atom. The van der Waals surface area contributed by atoms with Crippen molar-refractivity contribution in [2.24, 2.45) is 5.92 Å². The highest BCUT2D eigenvalue weighted by Gasteiger charge is 2.31. The fourth-order valence-corrected chi connectivity index (χ4v) is 4.47. The molecule has 1 aliphatic heterocycles. The Balaban J connectivity index is 1.85. The molecule has 12 nitrogen and oxygen atoms in total. The Kier molecular flexibility index (Phi) is 12.1. The van der Waals surface area contributed by atoms with Gasteiger partial charge in [0.2, 0.25) is 17.7 Å². The van der Waals surface area contributed by atoms with Gasteiger partial charge in [0.15, 0.2) is 0 Å². The number of nitrogens with one attached hydrogen (secondary N) is 4. The van der Waals surface area contributed by atoms with Gasteiger partial charge in [0.05, 0.1) is 6.04 Å². The van der Waals surface area contributed by atoms with Gasteiger partial charge in [-0.25, -0.2) is 9.59 Å². The van der Waals surface area contributed by atoms with Crippen LogP contribution in [0.15, 0.2) is 66.7 Å². The Labute approximate surface area is 262 Å². The number of hydrogen-bond donors (Lipinski definition) is 5. The van der Waals surface area contributed by atoms with Crippen molar-refractivity contribution in [2.45, 2.75) is 77.2 Å². The van der Waals surface area contributed by atoms with Crippen LogP contribution in [0.4, 0.5) is 4.79 Å². The summed E-state index contributed by atoms with van der Waals surface area (Å²) >= 11 is 0. The molecule has 0 aliphatic carbocycles. The van der Waals surface area contributed by atoms with E-state index < -0.39 is 59.6 Å². The second kappa shape index (κ2) is 15.7. The molecule has 45 heavy (non-hydrogen) atoms. The molecule has 0 bridgehead atoms. The van der Waals surface area contributed by atoms with Crippen LogP contribution in [0.25, 0.3) is 0 Å². The number of carbonyl (C=O) groups excluding carboxylic acids is 5. The third-order valence-electron chi connectivity index (χ3n) is 6.73. The number of benzene rings is 2. The molecule has 0 spiro atoms. The van der Waals surface area contributed by atoms with Crippen molar-refractivity contribution >= 4 is 29.8 Å². The van der Waals surface area contributed by atoms with Crippen molar-refractivity contribution in [1.82, 2.24) is 21.3 Å². The third kappa shape index (κ3) is 11.6. The fraction of sp³-hybridized carbons (Fsp3) is 0.424. The Hall–Kier alpha value is -4.87. The summed E-state index contributed by atoms with van der Waals surface area (Å²) in [6.07, 6.45) is 1.92. The summed E-state index contributed by atoms with van der Waals surface area (Å²) in [6, 6.07) is 11.1. The molecule has 1 aliphatic rings. The largest absolute Gasteiger partial charge is 0.508 e. The molecule has 1 heterocycles. The van der Waals surface area contributed by atoms with Gasteiger partial charge in [0.1, 0.15) is 36.1 Å². The van der Waals surface area contributed by atoms with Crippen LogP contribution in [0, 0.1) is 5.92 Å². The number of hydrogen-bond acceptors (Lipinski definition) is 8. The van der Waals surface area contributed by atoms with E-state index in [2.05, 4.69) is 21.3 Å². The van der Waals surface area contributed by atoms with Crippen molar-refractivity contribution in [1.29, 1.82) is 0 Å². The molecule has 242 valence electrons. The molecular weight excluding hydrogens is 580 g/mol. The van der Waals surface area contributed by atoms with E-state index in [1.807, 2.05) is 30.3 Å². The molecule has 4 amide bonds. The number of phenols is 1. The van der Waals surface area contributed by atoms with Gasteiger partial charge < -0.3 is 35.8 Å². The van der Waals surface area contributed by atoms with Gasteiger partial charge in [-0.05, 0) is 49.9 Å². The first-order valence-corrected chi connectivity index (χ1v) is 14.8. The topological polar surface area (TPSA) is 172 Å². The minimum Gasteiger partial charge on any atom is -0.508 e. The molecule has 5 N–H and O–H groups in total. The molecule has 2 aromatic rings. The van der Waals surface area contributed by atoms with Gasteiger partial charge in [0, 0.05) is 18.9 Å². The highest BCUT2D eigenvalue weighted by Crippen LogP contribution is 2.14. The second-order valence-corrected chi connectivity index (χ2v) is 12.2. The van der Waals surface area contributed by atoms with Crippen LogP contribution in [0.5, 0.6) is 5.75 Å². The summed E-state index contributed by atoms with van der Waals surface area (Å²) in [6.45, 7) is 8.25. The summed E-state index contributed by atoms with van der Waals surface area (Å²) < 4.78 is 10.9. The number of alkyl carbamates (subject to hydrolysis) is 1. The lowest BCUT2D eigenvalue weighted by atomic mass is 10.0. The lowest BCUT2D eigenvalue weighted by Crippen LogP contribution is -2.55. The van der Waals surface area contributed by atoms with E-state index in [1.165, 1.54) is 18.2 Å². The number of amides is 4. The normalized spacial score (nSPS) is 20.8. The van der Waals surface area contributed by atoms with Gasteiger partial charge in [0.25, 0.3) is 0 Å². The van der Waals surface area contributed by atoms with E-state index in [0.29, 0.717) is 5.56 Å². The summed E-state index contributed by atoms with van der Waals surface area (Å²) in [5, 5.41) is 20.3. The maximum atomic E-state index is 13.5. The van der Waals surface area contributed by atoms with E-state index in [1.54, 1.807) is 46.8 Å². The molecule has 3 rings (SSSR count). The molecule has 0 radical (unpaired) electrons. The van der Waals surface area contributed by atoms with E-state index in [0.717, 1.165) is 11.6 Å². The number of cyclic esters (lactones) is 1. The van der Waals surface area contributed by atoms with Crippen molar-refractivity contribution < 1.29 is 38.6 Å². The maximum absolute atomic E-state index is 13.5. The van der Waals surface area contributed by atoms with Gasteiger partial charge in [-0.3, -0.25) is 14.4 Å². The Bertz CT molecular complexity index is 1370. The van der Waals surface area contributed by atoms with Gasteiger partial charge in [-0.1, -0.05) is 62.4 Å². The number of phenolic OH excluding ortho intramolecular Hbond substituents is 1. The molecule has 2 aromatic carbocycles. The monoisotopic (exact) mass is 622 g/mol. The first kappa shape index (κ1) is 34.6. The lowest BCUT2D eigenvalue weighted by Gasteiger charge is -2.27. The molecule has 12 heteroatoms. The molecular formula is C33H42N4O8. The molecule has 0 aromatic heterocycles. The minimum atomic E-state index is -1.13. The van der Waals surface area contributed by atoms with Crippen LogP contribution in [-0.4, -0.2) is 71.3 Å². The van der Waals surface area contributed by atoms with Gasteiger partial charge in [-0.2, -0.15) is 0 Å². The first-order valence-electron chi connectivity index (χ1n) is 14.8. The van der Waals surface area contributed by atoms with Crippen LogP contribution < -0.4 is 21.3 Å². The molecule has 4 atom stereocenters.